The van der Waals surface area contributed by atoms with Crippen LogP contribution in [0.5, 0.6) is 0 Å². The number of rotatable bonds is 3. The zero-order valence-electron chi connectivity index (χ0n) is 11.9. The van der Waals surface area contributed by atoms with Gasteiger partial charge >= 0.3 is 0 Å². The minimum Gasteiger partial charge on any atom is -0.322 e. The summed E-state index contributed by atoms with van der Waals surface area (Å²) >= 11 is 6.04. The Morgan fingerprint density at radius 2 is 2.09 bits per heavy atom. The minimum absolute atomic E-state index is 0.0116. The van der Waals surface area contributed by atoms with Crippen LogP contribution in [0, 0.1) is 0 Å². The molecule has 0 saturated carbocycles. The Morgan fingerprint density at radius 3 is 2.65 bits per heavy atom. The molecule has 3 N–H and O–H groups in total. The van der Waals surface area contributed by atoms with Crippen LogP contribution in [0.25, 0.3) is 16.7 Å². The molecular formula is C14H12ClF2N5O. The molecule has 2 heterocycles. The summed E-state index contributed by atoms with van der Waals surface area (Å²) in [5.41, 5.74) is 4.79. The fourth-order valence-electron chi connectivity index (χ4n) is 2.39. The number of halogens is 3. The summed E-state index contributed by atoms with van der Waals surface area (Å²) in [4.78, 5) is 17.1. The van der Waals surface area contributed by atoms with Crippen molar-refractivity contribution in [1.29, 1.82) is 0 Å². The average molecular weight is 340 g/mol. The zero-order valence-corrected chi connectivity index (χ0v) is 12.7. The molecule has 23 heavy (non-hydrogen) atoms. The van der Waals surface area contributed by atoms with E-state index in [4.69, 9.17) is 17.3 Å². The molecule has 3 aromatic rings. The standard InChI is InChI=1S/C14H12ClF2N5O/c1-6(18)13-20-11-8(15)3-2-7(12(16)17)10(11)14(23)22(13)9-4-5-19-21-9/h2-6,12H,18H2,1H3,(H,19,21)/t6-/m0/s1. The van der Waals surface area contributed by atoms with E-state index in [-0.39, 0.29) is 27.6 Å². The van der Waals surface area contributed by atoms with Gasteiger partial charge in [-0.1, -0.05) is 17.7 Å². The van der Waals surface area contributed by atoms with Crippen LogP contribution < -0.4 is 11.3 Å². The second-order valence-electron chi connectivity index (χ2n) is 5.00. The van der Waals surface area contributed by atoms with E-state index in [1.807, 2.05) is 0 Å². The number of hydrogen-bond acceptors (Lipinski definition) is 4. The van der Waals surface area contributed by atoms with Gasteiger partial charge in [-0.25, -0.2) is 18.3 Å². The highest BCUT2D eigenvalue weighted by molar-refractivity contribution is 6.35. The second-order valence-corrected chi connectivity index (χ2v) is 5.41. The van der Waals surface area contributed by atoms with Crippen molar-refractivity contribution in [2.24, 2.45) is 5.73 Å². The van der Waals surface area contributed by atoms with Gasteiger partial charge in [0, 0.05) is 11.6 Å². The van der Waals surface area contributed by atoms with Gasteiger partial charge in [-0.05, 0) is 13.0 Å². The number of alkyl halides is 2. The maximum Gasteiger partial charge on any atom is 0.267 e. The van der Waals surface area contributed by atoms with Crippen molar-refractivity contribution >= 4 is 22.5 Å². The van der Waals surface area contributed by atoms with Gasteiger partial charge in [0.25, 0.3) is 12.0 Å². The fourth-order valence-corrected chi connectivity index (χ4v) is 2.59. The molecular weight excluding hydrogens is 328 g/mol. The third-order valence-electron chi connectivity index (χ3n) is 3.40. The molecule has 0 radical (unpaired) electrons. The zero-order chi connectivity index (χ0) is 16.7. The lowest BCUT2D eigenvalue weighted by Gasteiger charge is -2.16. The van der Waals surface area contributed by atoms with Crippen molar-refractivity contribution < 1.29 is 8.78 Å². The summed E-state index contributed by atoms with van der Waals surface area (Å²) < 4.78 is 27.7. The number of benzene rings is 1. The van der Waals surface area contributed by atoms with Gasteiger partial charge < -0.3 is 5.73 Å². The van der Waals surface area contributed by atoms with Gasteiger partial charge in [0.15, 0.2) is 0 Å². The molecule has 1 aromatic carbocycles. The Morgan fingerprint density at radius 1 is 1.35 bits per heavy atom. The molecule has 9 heteroatoms. The third kappa shape index (κ3) is 2.49. The summed E-state index contributed by atoms with van der Waals surface area (Å²) in [6, 6.07) is 3.32. The first kappa shape index (κ1) is 15.6. The van der Waals surface area contributed by atoms with E-state index in [2.05, 4.69) is 15.2 Å². The van der Waals surface area contributed by atoms with Gasteiger partial charge in [0.2, 0.25) is 0 Å². The number of nitrogens with zero attached hydrogens (tertiary/aromatic N) is 3. The molecule has 2 aromatic heterocycles. The summed E-state index contributed by atoms with van der Waals surface area (Å²) in [7, 11) is 0. The number of hydrogen-bond donors (Lipinski definition) is 2. The predicted octanol–water partition coefficient (Wildman–Crippen LogP) is 2.72. The maximum atomic E-state index is 13.3. The second kappa shape index (κ2) is 5.71. The van der Waals surface area contributed by atoms with Crippen molar-refractivity contribution in [3.63, 3.8) is 0 Å². The van der Waals surface area contributed by atoms with Crippen molar-refractivity contribution in [2.45, 2.75) is 19.4 Å². The summed E-state index contributed by atoms with van der Waals surface area (Å²) in [6.45, 7) is 1.63. The number of nitrogens with one attached hydrogen (secondary N) is 1. The Labute approximate surface area is 133 Å². The van der Waals surface area contributed by atoms with Crippen LogP contribution in [0.2, 0.25) is 5.02 Å². The quantitative estimate of drug-likeness (QED) is 0.767. The molecule has 0 aliphatic heterocycles. The van der Waals surface area contributed by atoms with Crippen LogP contribution in [0.1, 0.15) is 30.8 Å². The molecule has 0 aliphatic rings. The molecule has 120 valence electrons. The summed E-state index contributed by atoms with van der Waals surface area (Å²) in [6.07, 6.45) is -1.40. The molecule has 3 rings (SSSR count). The molecule has 0 aliphatic carbocycles. The van der Waals surface area contributed by atoms with Crippen LogP contribution in [0.3, 0.4) is 0 Å². The first-order chi connectivity index (χ1) is 10.9. The Kier molecular flexibility index (Phi) is 3.87. The highest BCUT2D eigenvalue weighted by Gasteiger charge is 2.22. The average Bonchev–Trinajstić information content (AvgIpc) is 3.01. The number of nitrogens with two attached hydrogens (primary N) is 1. The number of H-pyrrole nitrogens is 1. The van der Waals surface area contributed by atoms with Gasteiger partial charge in [0.05, 0.1) is 28.2 Å². The first-order valence-electron chi connectivity index (χ1n) is 6.70. The Balaban J connectivity index is 2.52. The topological polar surface area (TPSA) is 89.6 Å². The van der Waals surface area contributed by atoms with E-state index in [0.717, 1.165) is 10.6 Å². The molecule has 0 fully saturated rings. The van der Waals surface area contributed by atoms with E-state index in [9.17, 15) is 13.6 Å². The predicted molar refractivity (Wildman–Crippen MR) is 82.1 cm³/mol. The van der Waals surface area contributed by atoms with E-state index in [1.165, 1.54) is 18.3 Å². The fraction of sp³-hybridized carbons (Fsp3) is 0.214. The van der Waals surface area contributed by atoms with Crippen LogP contribution in [-0.4, -0.2) is 19.7 Å². The monoisotopic (exact) mass is 339 g/mol. The third-order valence-corrected chi connectivity index (χ3v) is 3.71. The number of aromatic nitrogens is 4. The lowest BCUT2D eigenvalue weighted by Crippen LogP contribution is -2.28. The van der Waals surface area contributed by atoms with E-state index < -0.39 is 23.6 Å². The van der Waals surface area contributed by atoms with Crippen molar-refractivity contribution in [1.82, 2.24) is 19.7 Å². The molecule has 0 unspecified atom stereocenters. The molecule has 0 amide bonds. The lowest BCUT2D eigenvalue weighted by molar-refractivity contribution is 0.153. The van der Waals surface area contributed by atoms with Crippen LogP contribution in [0.15, 0.2) is 29.2 Å². The highest BCUT2D eigenvalue weighted by atomic mass is 35.5. The Bertz CT molecular complexity index is 921. The summed E-state index contributed by atoms with van der Waals surface area (Å²) in [5.74, 6) is 0.483. The largest absolute Gasteiger partial charge is 0.322 e. The molecule has 0 bridgehead atoms. The highest BCUT2D eigenvalue weighted by Crippen LogP contribution is 2.30. The normalized spacial score (nSPS) is 13.0. The summed E-state index contributed by atoms with van der Waals surface area (Å²) in [5, 5.41) is 6.26. The minimum atomic E-state index is -2.83. The molecule has 1 atom stereocenters. The number of aromatic amines is 1. The van der Waals surface area contributed by atoms with Crippen LogP contribution in [-0.2, 0) is 0 Å². The van der Waals surface area contributed by atoms with Gasteiger partial charge in [-0.3, -0.25) is 9.89 Å². The van der Waals surface area contributed by atoms with E-state index in [1.54, 1.807) is 6.92 Å². The van der Waals surface area contributed by atoms with Gasteiger partial charge in [-0.2, -0.15) is 5.10 Å². The van der Waals surface area contributed by atoms with E-state index >= 15 is 0 Å². The Hall–Kier alpha value is -2.32. The number of fused-ring (bicyclic) bond motifs is 1. The molecule has 0 spiro atoms. The van der Waals surface area contributed by atoms with E-state index in [0.29, 0.717) is 0 Å². The van der Waals surface area contributed by atoms with Crippen LogP contribution in [0.4, 0.5) is 8.78 Å². The van der Waals surface area contributed by atoms with Crippen molar-refractivity contribution in [3.05, 3.63) is 51.2 Å². The van der Waals surface area contributed by atoms with Crippen molar-refractivity contribution in [2.75, 3.05) is 0 Å². The smallest absolute Gasteiger partial charge is 0.267 e. The maximum absolute atomic E-state index is 13.3. The van der Waals surface area contributed by atoms with Gasteiger partial charge in [-0.15, -0.1) is 0 Å². The molecule has 6 nitrogen and oxygen atoms in total. The van der Waals surface area contributed by atoms with Gasteiger partial charge in [0.1, 0.15) is 11.6 Å². The lowest BCUT2D eigenvalue weighted by atomic mass is 10.1. The molecule has 0 saturated heterocycles. The first-order valence-corrected chi connectivity index (χ1v) is 7.08. The van der Waals surface area contributed by atoms with Crippen LogP contribution >= 0.6 is 11.6 Å². The van der Waals surface area contributed by atoms with Crippen molar-refractivity contribution in [3.8, 4) is 5.82 Å². The SMILES string of the molecule is C[C@H](N)c1nc2c(Cl)ccc(C(F)F)c2c(=O)n1-c1ccn[nH]1.